The Labute approximate surface area is 138 Å². The lowest BCUT2D eigenvalue weighted by atomic mass is 10.2. The summed E-state index contributed by atoms with van der Waals surface area (Å²) in [6.07, 6.45) is -2.20. The lowest BCUT2D eigenvalue weighted by molar-refractivity contribution is -0.305. The zero-order chi connectivity index (χ0) is 17.0. The maximum Gasteiger partial charge on any atom is 0.573 e. The molecule has 0 saturated carbocycles. The van der Waals surface area contributed by atoms with Crippen LogP contribution in [0.4, 0.5) is 13.2 Å². The number of ether oxygens (including phenoxy) is 2. The fourth-order valence-corrected chi connectivity index (χ4v) is 1.95. The molecule has 2 aromatic rings. The van der Waals surface area contributed by atoms with E-state index in [4.69, 9.17) is 4.74 Å². The van der Waals surface area contributed by atoms with Gasteiger partial charge in [0.1, 0.15) is 5.75 Å². The molecular formula is C16H11BrF3NO2. The fraction of sp³-hybridized carbons (Fsp3) is 0.0625. The van der Waals surface area contributed by atoms with Gasteiger partial charge >= 0.3 is 6.36 Å². The largest absolute Gasteiger partial charge is 0.573 e. The normalized spacial score (nSPS) is 12.1. The molecule has 7 heteroatoms. The van der Waals surface area contributed by atoms with Gasteiger partial charge in [0.05, 0.1) is 5.52 Å². The number of hydrogen-bond acceptors (Lipinski definition) is 3. The van der Waals surface area contributed by atoms with Crippen molar-refractivity contribution in [3.63, 3.8) is 0 Å². The topological polar surface area (TPSA) is 31.4 Å². The van der Waals surface area contributed by atoms with Gasteiger partial charge in [0.2, 0.25) is 0 Å². The zero-order valence-corrected chi connectivity index (χ0v) is 13.3. The Balaban J connectivity index is 2.24. The van der Waals surface area contributed by atoms with E-state index in [-0.39, 0.29) is 10.2 Å². The molecule has 0 radical (unpaired) electrons. The van der Waals surface area contributed by atoms with Crippen molar-refractivity contribution in [1.82, 2.24) is 4.98 Å². The highest BCUT2D eigenvalue weighted by atomic mass is 79.9. The second-order valence-electron chi connectivity index (χ2n) is 4.39. The van der Waals surface area contributed by atoms with Crippen molar-refractivity contribution in [2.45, 2.75) is 6.36 Å². The Kier molecular flexibility index (Phi) is 5.10. The van der Waals surface area contributed by atoms with E-state index >= 15 is 0 Å². The van der Waals surface area contributed by atoms with E-state index < -0.39 is 12.1 Å². The number of halogens is 4. The monoisotopic (exact) mass is 385 g/mol. The molecule has 0 aliphatic heterocycles. The van der Waals surface area contributed by atoms with Gasteiger partial charge in [-0.15, -0.1) is 13.2 Å². The van der Waals surface area contributed by atoms with Crippen LogP contribution in [0.2, 0.25) is 0 Å². The Morgan fingerprint density at radius 1 is 1.22 bits per heavy atom. The molecule has 0 aliphatic rings. The third-order valence-electron chi connectivity index (χ3n) is 2.60. The summed E-state index contributed by atoms with van der Waals surface area (Å²) in [5.41, 5.74) is 0.738. The Bertz CT molecular complexity index is 784. The molecule has 2 rings (SSSR count). The molecule has 0 spiro atoms. The fourth-order valence-electron chi connectivity index (χ4n) is 1.74. The zero-order valence-electron chi connectivity index (χ0n) is 11.7. The van der Waals surface area contributed by atoms with E-state index in [1.54, 1.807) is 36.5 Å². The molecule has 0 saturated heterocycles. The third-order valence-corrected chi connectivity index (χ3v) is 2.83. The number of fused-ring (bicyclic) bond motifs is 1. The summed E-state index contributed by atoms with van der Waals surface area (Å²) in [5, 5.41) is 0.782. The molecule has 0 fully saturated rings. The van der Waals surface area contributed by atoms with E-state index in [0.717, 1.165) is 17.0 Å². The lowest BCUT2D eigenvalue weighted by Gasteiger charge is -2.15. The number of rotatable bonds is 5. The van der Waals surface area contributed by atoms with E-state index in [2.05, 4.69) is 38.8 Å². The smallest absolute Gasteiger partial charge is 0.454 e. The van der Waals surface area contributed by atoms with Crippen molar-refractivity contribution in [2.24, 2.45) is 0 Å². The SMILES string of the molecule is C=C(Br)/C=C(/OC(F)(F)F)C(=C)Oc1ccc2ncccc2c1. The molecule has 23 heavy (non-hydrogen) atoms. The van der Waals surface area contributed by atoms with Crippen LogP contribution in [0.1, 0.15) is 0 Å². The van der Waals surface area contributed by atoms with E-state index in [1.165, 1.54) is 0 Å². The van der Waals surface area contributed by atoms with Gasteiger partial charge in [0.15, 0.2) is 11.5 Å². The van der Waals surface area contributed by atoms with E-state index in [9.17, 15) is 13.2 Å². The molecule has 3 nitrogen and oxygen atoms in total. The van der Waals surface area contributed by atoms with Crippen LogP contribution in [-0.2, 0) is 4.74 Å². The predicted octanol–water partition coefficient (Wildman–Crippen LogP) is 5.46. The average Bonchev–Trinajstić information content (AvgIpc) is 2.44. The maximum atomic E-state index is 12.5. The third kappa shape index (κ3) is 5.14. The maximum absolute atomic E-state index is 12.5. The molecule has 120 valence electrons. The van der Waals surface area contributed by atoms with Crippen molar-refractivity contribution in [2.75, 3.05) is 0 Å². The Morgan fingerprint density at radius 3 is 2.61 bits per heavy atom. The first-order valence-electron chi connectivity index (χ1n) is 6.28. The molecule has 0 atom stereocenters. The van der Waals surface area contributed by atoms with Crippen LogP contribution in [-0.4, -0.2) is 11.3 Å². The van der Waals surface area contributed by atoms with E-state index in [0.29, 0.717) is 5.75 Å². The van der Waals surface area contributed by atoms with Crippen molar-refractivity contribution in [1.29, 1.82) is 0 Å². The lowest BCUT2D eigenvalue weighted by Crippen LogP contribution is -2.15. The standard InChI is InChI=1S/C16H11BrF3NO2/c1-10(17)8-15(23-16(18,19)20)11(2)22-13-5-6-14-12(9-13)4-3-7-21-14/h3-9H,1-2H2/b15-8+. The first-order chi connectivity index (χ1) is 10.7. The van der Waals surface area contributed by atoms with Crippen LogP contribution in [0.5, 0.6) is 5.75 Å². The summed E-state index contributed by atoms with van der Waals surface area (Å²) in [5.74, 6) is -0.579. The quantitative estimate of drug-likeness (QED) is 0.506. The number of hydrogen-bond donors (Lipinski definition) is 0. The molecule has 1 aromatic heterocycles. The van der Waals surface area contributed by atoms with Crippen molar-refractivity contribution in [3.8, 4) is 5.75 Å². The van der Waals surface area contributed by atoms with Gasteiger partial charge < -0.3 is 9.47 Å². The summed E-state index contributed by atoms with van der Waals surface area (Å²) in [6, 6.07) is 8.46. The second kappa shape index (κ2) is 6.87. The highest BCUT2D eigenvalue weighted by Gasteiger charge is 2.33. The van der Waals surface area contributed by atoms with Crippen molar-refractivity contribution in [3.05, 3.63) is 71.8 Å². The number of allylic oxidation sites excluding steroid dienone is 2. The second-order valence-corrected chi connectivity index (χ2v) is 5.40. The summed E-state index contributed by atoms with van der Waals surface area (Å²) < 4.78 is 46.8. The molecule has 0 amide bonds. The molecule has 0 unspecified atom stereocenters. The summed E-state index contributed by atoms with van der Waals surface area (Å²) >= 11 is 2.95. The summed E-state index contributed by atoms with van der Waals surface area (Å²) in [6.45, 7) is 6.92. The Hall–Kier alpha value is -2.28. The summed E-state index contributed by atoms with van der Waals surface area (Å²) in [4.78, 5) is 4.14. The molecule has 1 heterocycles. The highest BCUT2D eigenvalue weighted by Crippen LogP contribution is 2.28. The van der Waals surface area contributed by atoms with E-state index in [1.807, 2.05) is 0 Å². The summed E-state index contributed by atoms with van der Waals surface area (Å²) in [7, 11) is 0. The van der Waals surface area contributed by atoms with Gasteiger partial charge in [-0.3, -0.25) is 4.98 Å². The van der Waals surface area contributed by atoms with Crippen LogP contribution in [0.15, 0.2) is 71.8 Å². The molecular weight excluding hydrogens is 375 g/mol. The minimum Gasteiger partial charge on any atom is -0.454 e. The van der Waals surface area contributed by atoms with Crippen molar-refractivity contribution >= 4 is 26.8 Å². The number of pyridine rings is 1. The predicted molar refractivity (Wildman–Crippen MR) is 84.8 cm³/mol. The van der Waals surface area contributed by atoms with Gasteiger partial charge in [-0.25, -0.2) is 0 Å². The number of aromatic nitrogens is 1. The van der Waals surface area contributed by atoms with Gasteiger partial charge in [-0.05, 0) is 30.3 Å². The van der Waals surface area contributed by atoms with Gasteiger partial charge in [0, 0.05) is 16.1 Å². The number of benzene rings is 1. The van der Waals surface area contributed by atoms with Crippen LogP contribution < -0.4 is 4.74 Å². The molecule has 0 aliphatic carbocycles. The van der Waals surface area contributed by atoms with Gasteiger partial charge in [-0.1, -0.05) is 35.2 Å². The van der Waals surface area contributed by atoms with Crippen LogP contribution in [0.3, 0.4) is 0 Å². The number of alkyl halides is 3. The van der Waals surface area contributed by atoms with Crippen LogP contribution in [0, 0.1) is 0 Å². The Morgan fingerprint density at radius 2 is 1.96 bits per heavy atom. The first-order valence-corrected chi connectivity index (χ1v) is 7.08. The van der Waals surface area contributed by atoms with Crippen LogP contribution in [0.25, 0.3) is 10.9 Å². The molecule has 1 aromatic carbocycles. The van der Waals surface area contributed by atoms with Crippen molar-refractivity contribution < 1.29 is 22.6 Å². The highest BCUT2D eigenvalue weighted by molar-refractivity contribution is 9.11. The molecule has 0 bridgehead atoms. The molecule has 0 N–H and O–H groups in total. The first kappa shape index (κ1) is 17.1. The van der Waals surface area contributed by atoms with Gasteiger partial charge in [-0.2, -0.15) is 0 Å². The number of nitrogens with zero attached hydrogens (tertiary/aromatic N) is 1. The minimum absolute atomic E-state index is 0.184. The van der Waals surface area contributed by atoms with Crippen LogP contribution >= 0.6 is 15.9 Å². The minimum atomic E-state index is -4.87. The van der Waals surface area contributed by atoms with Gasteiger partial charge in [0.25, 0.3) is 0 Å². The average molecular weight is 386 g/mol.